The number of benzene rings is 2. The van der Waals surface area contributed by atoms with E-state index in [1.54, 1.807) is 24.3 Å². The Bertz CT molecular complexity index is 522. The summed E-state index contributed by atoms with van der Waals surface area (Å²) in [5, 5.41) is 3.44. The van der Waals surface area contributed by atoms with Crippen molar-refractivity contribution in [2.75, 3.05) is 5.32 Å². The molecule has 0 unspecified atom stereocenters. The summed E-state index contributed by atoms with van der Waals surface area (Å²) in [6, 6.07) is 14.4. The van der Waals surface area contributed by atoms with Gasteiger partial charge < -0.3 is 5.32 Å². The summed E-state index contributed by atoms with van der Waals surface area (Å²) in [5.74, 6) is -0.136. The van der Waals surface area contributed by atoms with Crippen LogP contribution in [0.15, 0.2) is 48.5 Å². The largest absolute Gasteiger partial charge is 0.322 e. The number of hydrogen-bond acceptors (Lipinski definition) is 1. The third-order valence-corrected chi connectivity index (χ3v) is 3.18. The van der Waals surface area contributed by atoms with Gasteiger partial charge in [-0.1, -0.05) is 11.6 Å². The van der Waals surface area contributed by atoms with Crippen molar-refractivity contribution in [1.82, 2.24) is 0 Å². The van der Waals surface area contributed by atoms with Gasteiger partial charge in [0.2, 0.25) is 0 Å². The molecule has 2 rings (SSSR count). The number of halogens is 2. The van der Waals surface area contributed by atoms with Crippen LogP contribution < -0.4 is 5.32 Å². The molecule has 0 radical (unpaired) electrons. The molecule has 0 aliphatic rings. The van der Waals surface area contributed by atoms with Crippen LogP contribution in [0, 0.1) is 3.57 Å². The predicted octanol–water partition coefficient (Wildman–Crippen LogP) is 4.20. The number of nitrogens with one attached hydrogen (secondary N) is 1. The topological polar surface area (TPSA) is 29.1 Å². The molecule has 86 valence electrons. The van der Waals surface area contributed by atoms with Crippen molar-refractivity contribution in [3.05, 3.63) is 62.7 Å². The lowest BCUT2D eigenvalue weighted by atomic mass is 10.2. The Labute approximate surface area is 118 Å². The molecule has 2 aromatic carbocycles. The summed E-state index contributed by atoms with van der Waals surface area (Å²) in [5.41, 5.74) is 1.37. The first-order chi connectivity index (χ1) is 8.15. The summed E-state index contributed by atoms with van der Waals surface area (Å²) in [6.07, 6.45) is 0. The summed E-state index contributed by atoms with van der Waals surface area (Å²) in [4.78, 5) is 11.9. The minimum Gasteiger partial charge on any atom is -0.322 e. The highest BCUT2D eigenvalue weighted by Gasteiger charge is 2.05. The number of carbonyl (C=O) groups excluding carboxylic acids is 1. The van der Waals surface area contributed by atoms with Gasteiger partial charge in [-0.2, -0.15) is 0 Å². The Kier molecular flexibility index (Phi) is 4.02. The second-order valence-electron chi connectivity index (χ2n) is 3.47. The minimum absolute atomic E-state index is 0.136. The summed E-state index contributed by atoms with van der Waals surface area (Å²) in [6.45, 7) is 0. The van der Waals surface area contributed by atoms with Gasteiger partial charge in [-0.15, -0.1) is 0 Å². The second kappa shape index (κ2) is 5.51. The van der Waals surface area contributed by atoms with Crippen LogP contribution in [0.25, 0.3) is 0 Å². The average molecular weight is 358 g/mol. The van der Waals surface area contributed by atoms with Crippen molar-refractivity contribution in [3.63, 3.8) is 0 Å². The lowest BCUT2D eigenvalue weighted by Gasteiger charge is -2.05. The standard InChI is InChI=1S/C13H9ClINO/c14-10-3-1-9(2-4-10)13(17)16-12-7-5-11(15)6-8-12/h1-8H,(H,16,17). The van der Waals surface area contributed by atoms with Crippen molar-refractivity contribution >= 4 is 45.8 Å². The van der Waals surface area contributed by atoms with Gasteiger partial charge in [0.1, 0.15) is 0 Å². The van der Waals surface area contributed by atoms with Gasteiger partial charge >= 0.3 is 0 Å². The van der Waals surface area contributed by atoms with E-state index in [1.165, 1.54) is 0 Å². The molecule has 0 fully saturated rings. The normalized spacial score (nSPS) is 10.0. The van der Waals surface area contributed by atoms with Gasteiger partial charge in [-0.05, 0) is 71.1 Å². The Morgan fingerprint density at radius 3 is 2.18 bits per heavy atom. The number of hydrogen-bond donors (Lipinski definition) is 1. The molecule has 0 aliphatic carbocycles. The van der Waals surface area contributed by atoms with E-state index >= 15 is 0 Å². The van der Waals surface area contributed by atoms with Crippen molar-refractivity contribution in [1.29, 1.82) is 0 Å². The maximum Gasteiger partial charge on any atom is 0.255 e. The van der Waals surface area contributed by atoms with E-state index in [2.05, 4.69) is 27.9 Å². The second-order valence-corrected chi connectivity index (χ2v) is 5.15. The first-order valence-corrected chi connectivity index (χ1v) is 6.43. The van der Waals surface area contributed by atoms with Crippen LogP contribution in [0.5, 0.6) is 0 Å². The van der Waals surface area contributed by atoms with Gasteiger partial charge in [-0.3, -0.25) is 4.79 Å². The highest BCUT2D eigenvalue weighted by atomic mass is 127. The molecule has 0 atom stereocenters. The fourth-order valence-corrected chi connectivity index (χ4v) is 1.82. The van der Waals surface area contributed by atoms with Gasteiger partial charge in [0.15, 0.2) is 0 Å². The molecule has 2 aromatic rings. The molecule has 2 nitrogen and oxygen atoms in total. The Morgan fingerprint density at radius 1 is 1.00 bits per heavy atom. The lowest BCUT2D eigenvalue weighted by molar-refractivity contribution is 0.102. The van der Waals surface area contributed by atoms with Crippen molar-refractivity contribution in [2.45, 2.75) is 0 Å². The van der Waals surface area contributed by atoms with E-state index < -0.39 is 0 Å². The van der Waals surface area contributed by atoms with Crippen LogP contribution in [-0.4, -0.2) is 5.91 Å². The van der Waals surface area contributed by atoms with E-state index in [0.717, 1.165) is 9.26 Å². The maximum absolute atomic E-state index is 11.9. The van der Waals surface area contributed by atoms with E-state index in [-0.39, 0.29) is 5.91 Å². The molecule has 1 amide bonds. The third kappa shape index (κ3) is 3.44. The molecule has 0 aromatic heterocycles. The maximum atomic E-state index is 11.9. The van der Waals surface area contributed by atoms with E-state index in [1.807, 2.05) is 24.3 Å². The van der Waals surface area contributed by atoms with Crippen molar-refractivity contribution in [3.8, 4) is 0 Å². The molecule has 0 saturated carbocycles. The van der Waals surface area contributed by atoms with Crippen LogP contribution in [0.1, 0.15) is 10.4 Å². The highest BCUT2D eigenvalue weighted by molar-refractivity contribution is 14.1. The third-order valence-electron chi connectivity index (χ3n) is 2.21. The minimum atomic E-state index is -0.136. The van der Waals surface area contributed by atoms with Gasteiger partial charge in [0, 0.05) is 19.8 Å². The zero-order valence-corrected chi connectivity index (χ0v) is 11.7. The lowest BCUT2D eigenvalue weighted by Crippen LogP contribution is -2.11. The molecular formula is C13H9ClINO. The first kappa shape index (κ1) is 12.4. The number of amides is 1. The highest BCUT2D eigenvalue weighted by Crippen LogP contribution is 2.14. The Morgan fingerprint density at radius 2 is 1.59 bits per heavy atom. The molecule has 0 saturated heterocycles. The summed E-state index contributed by atoms with van der Waals surface area (Å²) in [7, 11) is 0. The summed E-state index contributed by atoms with van der Waals surface area (Å²) >= 11 is 7.98. The molecule has 0 aliphatic heterocycles. The van der Waals surface area contributed by atoms with Gasteiger partial charge in [-0.25, -0.2) is 0 Å². The fraction of sp³-hybridized carbons (Fsp3) is 0. The van der Waals surface area contributed by atoms with Crippen LogP contribution >= 0.6 is 34.2 Å². The molecular weight excluding hydrogens is 349 g/mol. The Balaban J connectivity index is 2.11. The van der Waals surface area contributed by atoms with Gasteiger partial charge in [0.25, 0.3) is 5.91 Å². The van der Waals surface area contributed by atoms with E-state index in [9.17, 15) is 4.79 Å². The fourth-order valence-electron chi connectivity index (χ4n) is 1.34. The number of rotatable bonds is 2. The van der Waals surface area contributed by atoms with Crippen LogP contribution in [0.3, 0.4) is 0 Å². The Hall–Kier alpha value is -1.07. The summed E-state index contributed by atoms with van der Waals surface area (Å²) < 4.78 is 1.13. The quantitative estimate of drug-likeness (QED) is 0.802. The van der Waals surface area contributed by atoms with Crippen LogP contribution in [0.2, 0.25) is 5.02 Å². The van der Waals surface area contributed by atoms with Gasteiger partial charge in [0.05, 0.1) is 0 Å². The smallest absolute Gasteiger partial charge is 0.255 e. The molecule has 0 heterocycles. The molecule has 17 heavy (non-hydrogen) atoms. The molecule has 0 bridgehead atoms. The molecule has 4 heteroatoms. The molecule has 1 N–H and O–H groups in total. The zero-order valence-electron chi connectivity index (χ0n) is 8.78. The first-order valence-electron chi connectivity index (χ1n) is 4.97. The van der Waals surface area contributed by atoms with Crippen LogP contribution in [0.4, 0.5) is 5.69 Å². The van der Waals surface area contributed by atoms with E-state index in [0.29, 0.717) is 10.6 Å². The predicted molar refractivity (Wildman–Crippen MR) is 78.6 cm³/mol. The SMILES string of the molecule is O=C(Nc1ccc(I)cc1)c1ccc(Cl)cc1. The van der Waals surface area contributed by atoms with Crippen molar-refractivity contribution in [2.24, 2.45) is 0 Å². The average Bonchev–Trinajstić information content (AvgIpc) is 2.33. The monoisotopic (exact) mass is 357 g/mol. The van der Waals surface area contributed by atoms with Crippen molar-refractivity contribution < 1.29 is 4.79 Å². The number of carbonyl (C=O) groups is 1. The van der Waals surface area contributed by atoms with E-state index in [4.69, 9.17) is 11.6 Å². The number of anilines is 1. The molecule has 0 spiro atoms. The zero-order chi connectivity index (χ0) is 12.3. The van der Waals surface area contributed by atoms with Crippen LogP contribution in [-0.2, 0) is 0 Å².